The van der Waals surface area contributed by atoms with E-state index in [1.54, 1.807) is 18.0 Å². The normalized spacial score (nSPS) is 13.5. The summed E-state index contributed by atoms with van der Waals surface area (Å²) < 4.78 is 52.6. The summed E-state index contributed by atoms with van der Waals surface area (Å²) in [7, 11) is 1.73. The van der Waals surface area contributed by atoms with Crippen LogP contribution in [0.15, 0.2) is 54.9 Å². The third-order valence-corrected chi connectivity index (χ3v) is 13.0. The standard InChI is InChI=1S/C47H60ClF3N6O7S/c1-6-34(7-2)56(19-18-55(5)41(60)14-13-40(59)52-17-21-63-23-24-64-22-20-58)29-31-9-8-10-32(25-31)44(62)54-45-42(36-15-16-46(3,4)27-39(36)65-45)43(61)33-28-53-57(30-33)35-11-12-38(48)37(26-35)47(49,50)51/h8-12,25-26,28,30,34,58H,6-7,13-24,27,29H2,1-5H3,(H,52,59)(H,54,62). The topological polar surface area (TPSA) is 155 Å². The van der Waals surface area contributed by atoms with E-state index in [0.717, 1.165) is 47.4 Å². The van der Waals surface area contributed by atoms with Crippen LogP contribution in [0.5, 0.6) is 0 Å². The molecule has 0 fully saturated rings. The lowest BCUT2D eigenvalue weighted by molar-refractivity contribution is -0.137. The number of aliphatic hydroxyl groups excluding tert-OH is 1. The molecule has 0 unspecified atom stereocenters. The first kappa shape index (κ1) is 51.3. The lowest BCUT2D eigenvalue weighted by atomic mass is 9.76. The number of rotatable bonds is 24. The van der Waals surface area contributed by atoms with Crippen LogP contribution in [0.2, 0.25) is 5.02 Å². The number of aromatic nitrogens is 2. The van der Waals surface area contributed by atoms with E-state index in [4.69, 9.17) is 26.2 Å². The Balaban J connectivity index is 1.25. The summed E-state index contributed by atoms with van der Waals surface area (Å²) in [4.78, 5) is 58.7. The van der Waals surface area contributed by atoms with Crippen molar-refractivity contribution in [2.45, 2.75) is 91.4 Å². The molecule has 0 aliphatic heterocycles. The summed E-state index contributed by atoms with van der Waals surface area (Å²) in [5, 5.41) is 18.7. The number of aliphatic hydroxyl groups is 1. The zero-order valence-corrected chi connectivity index (χ0v) is 39.3. The minimum Gasteiger partial charge on any atom is -0.394 e. The third kappa shape index (κ3) is 14.4. The maximum atomic E-state index is 14.3. The molecule has 5 rings (SSSR count). The van der Waals surface area contributed by atoms with E-state index in [9.17, 15) is 32.3 Å². The highest BCUT2D eigenvalue weighted by Crippen LogP contribution is 2.45. The second-order valence-electron chi connectivity index (χ2n) is 16.9. The molecule has 65 heavy (non-hydrogen) atoms. The van der Waals surface area contributed by atoms with Crippen molar-refractivity contribution in [3.8, 4) is 5.69 Å². The summed E-state index contributed by atoms with van der Waals surface area (Å²) in [6.07, 6.45) is 2.05. The molecule has 18 heteroatoms. The second kappa shape index (κ2) is 23.7. The van der Waals surface area contributed by atoms with Gasteiger partial charge in [-0.2, -0.15) is 18.3 Å². The molecule has 0 spiro atoms. The van der Waals surface area contributed by atoms with Crippen LogP contribution in [0, 0.1) is 5.41 Å². The number of amides is 3. The van der Waals surface area contributed by atoms with Crippen LogP contribution in [0.4, 0.5) is 18.2 Å². The quantitative estimate of drug-likeness (QED) is 0.0469. The Labute approximate surface area is 387 Å². The largest absolute Gasteiger partial charge is 0.417 e. The smallest absolute Gasteiger partial charge is 0.394 e. The number of likely N-dealkylation sites (N-methyl/N-ethyl adjacent to an activating group) is 1. The van der Waals surface area contributed by atoms with E-state index in [2.05, 4.69) is 48.3 Å². The van der Waals surface area contributed by atoms with Crippen LogP contribution < -0.4 is 10.6 Å². The molecule has 1 aliphatic rings. The molecule has 3 amide bonds. The lowest BCUT2D eigenvalue weighted by Gasteiger charge is -2.32. The number of carbonyl (C=O) groups is 4. The number of anilines is 1. The maximum absolute atomic E-state index is 14.3. The van der Waals surface area contributed by atoms with Crippen LogP contribution in [0.3, 0.4) is 0 Å². The van der Waals surface area contributed by atoms with Gasteiger partial charge in [-0.1, -0.05) is 51.4 Å². The van der Waals surface area contributed by atoms with Crippen LogP contribution >= 0.6 is 22.9 Å². The molecular formula is C47H60ClF3N6O7S. The number of thiophene rings is 1. The van der Waals surface area contributed by atoms with E-state index < -0.39 is 28.5 Å². The van der Waals surface area contributed by atoms with Gasteiger partial charge < -0.3 is 30.1 Å². The van der Waals surface area contributed by atoms with Gasteiger partial charge in [0.15, 0.2) is 5.78 Å². The molecule has 0 saturated heterocycles. The monoisotopic (exact) mass is 944 g/mol. The highest BCUT2D eigenvalue weighted by atomic mass is 35.5. The molecule has 0 bridgehead atoms. The van der Waals surface area contributed by atoms with Crippen molar-refractivity contribution >= 4 is 51.4 Å². The number of nitrogens with zero attached hydrogens (tertiary/aromatic N) is 4. The third-order valence-electron chi connectivity index (χ3n) is 11.5. The van der Waals surface area contributed by atoms with Gasteiger partial charge in [-0.25, -0.2) is 4.68 Å². The van der Waals surface area contributed by atoms with E-state index in [-0.39, 0.29) is 60.6 Å². The van der Waals surface area contributed by atoms with E-state index in [0.29, 0.717) is 75.0 Å². The maximum Gasteiger partial charge on any atom is 0.417 e. The summed E-state index contributed by atoms with van der Waals surface area (Å²) >= 11 is 7.21. The first-order valence-corrected chi connectivity index (χ1v) is 23.2. The summed E-state index contributed by atoms with van der Waals surface area (Å²) in [5.41, 5.74) is 1.72. The minimum absolute atomic E-state index is 0.0163. The van der Waals surface area contributed by atoms with Gasteiger partial charge in [0.25, 0.3) is 5.91 Å². The zero-order valence-electron chi connectivity index (χ0n) is 37.7. The molecule has 2 heterocycles. The first-order valence-electron chi connectivity index (χ1n) is 22.0. The van der Waals surface area contributed by atoms with Gasteiger partial charge in [0.05, 0.1) is 66.6 Å². The Hall–Kier alpha value is -4.65. The Kier molecular flexibility index (Phi) is 18.7. The molecule has 354 valence electrons. The number of ketones is 1. The molecule has 3 N–H and O–H groups in total. The van der Waals surface area contributed by atoms with Gasteiger partial charge in [0, 0.05) is 68.7 Å². The van der Waals surface area contributed by atoms with Crippen LogP contribution in [-0.4, -0.2) is 114 Å². The van der Waals surface area contributed by atoms with E-state index >= 15 is 0 Å². The van der Waals surface area contributed by atoms with E-state index in [1.807, 2.05) is 18.2 Å². The van der Waals surface area contributed by atoms with E-state index in [1.165, 1.54) is 34.5 Å². The molecule has 2 aromatic heterocycles. The van der Waals surface area contributed by atoms with Crippen LogP contribution in [-0.2, 0) is 44.6 Å². The molecule has 0 atom stereocenters. The highest BCUT2D eigenvalue weighted by Gasteiger charge is 2.35. The van der Waals surface area contributed by atoms with Crippen molar-refractivity contribution < 1.29 is 46.9 Å². The molecule has 4 aromatic rings. The molecular weight excluding hydrogens is 885 g/mol. The number of ether oxygens (including phenoxy) is 2. The van der Waals surface area contributed by atoms with Gasteiger partial charge in [0.2, 0.25) is 11.8 Å². The number of nitrogens with one attached hydrogen (secondary N) is 2. The van der Waals surface area contributed by atoms with Crippen molar-refractivity contribution in [2.75, 3.05) is 65.0 Å². The number of hydrogen-bond acceptors (Lipinski definition) is 10. The molecule has 0 radical (unpaired) electrons. The van der Waals surface area contributed by atoms with Gasteiger partial charge in [-0.3, -0.25) is 24.1 Å². The fraction of sp³-hybridized carbons (Fsp3) is 0.511. The number of fused-ring (bicyclic) bond motifs is 1. The molecule has 1 aliphatic carbocycles. The summed E-state index contributed by atoms with van der Waals surface area (Å²) in [5.74, 6) is -1.17. The van der Waals surface area contributed by atoms with Gasteiger partial charge in [0.1, 0.15) is 5.00 Å². The zero-order chi connectivity index (χ0) is 47.3. The van der Waals surface area contributed by atoms with Crippen molar-refractivity contribution in [1.29, 1.82) is 0 Å². The predicted octanol–water partition coefficient (Wildman–Crippen LogP) is 7.98. The SMILES string of the molecule is CCC(CC)N(CCN(C)C(=O)CCC(=O)NCCOCCOCCO)Cc1cccc(C(=O)Nc2sc3c(c2C(=O)c2cnn(-c4ccc(Cl)c(C(F)(F)F)c4)c2)CCC(C)(C)C3)c1. The fourth-order valence-corrected chi connectivity index (χ4v) is 9.52. The number of carbonyl (C=O) groups excluding carboxylic acids is 4. The molecule has 13 nitrogen and oxygen atoms in total. The van der Waals surface area contributed by atoms with Crippen molar-refractivity contribution in [3.63, 3.8) is 0 Å². The average molecular weight is 946 g/mol. The van der Waals surface area contributed by atoms with Crippen molar-refractivity contribution in [1.82, 2.24) is 24.9 Å². The van der Waals surface area contributed by atoms with Crippen LogP contribution in [0.1, 0.15) is 108 Å². The number of halogens is 4. The van der Waals surface area contributed by atoms with Gasteiger partial charge in [-0.05, 0) is 79.0 Å². The Morgan fingerprint density at radius 1 is 1.00 bits per heavy atom. The fourth-order valence-electron chi connectivity index (χ4n) is 7.80. The summed E-state index contributed by atoms with van der Waals surface area (Å²) in [6, 6.07) is 10.9. The Bertz CT molecular complexity index is 2260. The number of alkyl halides is 3. The lowest BCUT2D eigenvalue weighted by Crippen LogP contribution is -2.41. The summed E-state index contributed by atoms with van der Waals surface area (Å²) in [6.45, 7) is 11.6. The Morgan fingerprint density at radius 3 is 2.45 bits per heavy atom. The van der Waals surface area contributed by atoms with Gasteiger partial charge in [-0.15, -0.1) is 11.3 Å². The Morgan fingerprint density at radius 2 is 1.74 bits per heavy atom. The number of benzene rings is 2. The molecule has 0 saturated carbocycles. The molecule has 2 aromatic carbocycles. The van der Waals surface area contributed by atoms with Crippen LogP contribution in [0.25, 0.3) is 5.69 Å². The average Bonchev–Trinajstić information content (AvgIpc) is 3.90. The highest BCUT2D eigenvalue weighted by molar-refractivity contribution is 7.17. The number of hydrogen-bond donors (Lipinski definition) is 3. The minimum atomic E-state index is -4.68. The van der Waals surface area contributed by atoms with Gasteiger partial charge >= 0.3 is 6.18 Å². The first-order chi connectivity index (χ1) is 30.9. The predicted molar refractivity (Wildman–Crippen MR) is 245 cm³/mol. The second-order valence-corrected chi connectivity index (χ2v) is 18.4. The van der Waals surface area contributed by atoms with Crippen molar-refractivity contribution in [3.05, 3.63) is 98.1 Å². The van der Waals surface area contributed by atoms with Crippen molar-refractivity contribution in [2.24, 2.45) is 5.41 Å².